The summed E-state index contributed by atoms with van der Waals surface area (Å²) in [4.78, 5) is 27.4. The van der Waals surface area contributed by atoms with Gasteiger partial charge in [0.15, 0.2) is 0 Å². The van der Waals surface area contributed by atoms with Crippen LogP contribution < -0.4 is 20.1 Å². The molecular weight excluding hydrogens is 409 g/mol. The summed E-state index contributed by atoms with van der Waals surface area (Å²) in [6.45, 7) is 0.212. The van der Waals surface area contributed by atoms with Gasteiger partial charge in [-0.25, -0.2) is 9.40 Å². The molecule has 0 aromatic heterocycles. The third-order valence-corrected chi connectivity index (χ3v) is 5.03. The van der Waals surface area contributed by atoms with Crippen molar-refractivity contribution in [1.29, 1.82) is 0 Å². The standard InChI is InChI=1S/C25H22FN3O3/c1-28(2)21-13-10-18(23(15-21)32-16-17-8-11-19(26)12-9-17)14-22-24(30)27-29(25(22)31)20-6-4-3-5-7-20/h3-15H,16H2,1-2H3,(H,27,30)/b22-14-. The molecule has 1 fully saturated rings. The van der Waals surface area contributed by atoms with Crippen LogP contribution in [0, 0.1) is 5.82 Å². The van der Waals surface area contributed by atoms with E-state index in [1.807, 2.05) is 37.2 Å². The average Bonchev–Trinajstić information content (AvgIpc) is 3.08. The lowest BCUT2D eigenvalue weighted by Gasteiger charge is -2.16. The van der Waals surface area contributed by atoms with E-state index in [2.05, 4.69) is 5.43 Å². The van der Waals surface area contributed by atoms with Gasteiger partial charge in [0.25, 0.3) is 11.8 Å². The number of hydrazine groups is 1. The normalized spacial score (nSPS) is 14.6. The van der Waals surface area contributed by atoms with E-state index in [0.717, 1.165) is 11.3 Å². The van der Waals surface area contributed by atoms with E-state index >= 15 is 0 Å². The summed E-state index contributed by atoms with van der Waals surface area (Å²) in [5.41, 5.74) is 5.46. The molecule has 0 atom stereocenters. The Labute approximate surface area is 185 Å². The Bertz CT molecular complexity index is 1170. The van der Waals surface area contributed by atoms with Crippen LogP contribution in [0.4, 0.5) is 15.8 Å². The summed E-state index contributed by atoms with van der Waals surface area (Å²) in [5.74, 6) is -0.739. The smallest absolute Gasteiger partial charge is 0.282 e. The zero-order valence-corrected chi connectivity index (χ0v) is 17.7. The van der Waals surface area contributed by atoms with Gasteiger partial charge in [0.05, 0.1) is 5.69 Å². The van der Waals surface area contributed by atoms with Crippen LogP contribution >= 0.6 is 0 Å². The number of amides is 2. The summed E-state index contributed by atoms with van der Waals surface area (Å²) < 4.78 is 19.2. The maximum Gasteiger partial charge on any atom is 0.282 e. The van der Waals surface area contributed by atoms with E-state index in [1.54, 1.807) is 42.5 Å². The van der Waals surface area contributed by atoms with Crippen molar-refractivity contribution in [2.24, 2.45) is 0 Å². The molecule has 1 saturated heterocycles. The number of nitrogens with one attached hydrogen (secondary N) is 1. The number of carbonyl (C=O) groups excluding carboxylic acids is 2. The second kappa shape index (κ2) is 8.93. The Morgan fingerprint density at radius 1 is 1.00 bits per heavy atom. The summed E-state index contributed by atoms with van der Waals surface area (Å²) in [5, 5.41) is 1.22. The number of para-hydroxylation sites is 1. The molecule has 7 heteroatoms. The molecule has 1 aliphatic rings. The van der Waals surface area contributed by atoms with Gasteiger partial charge >= 0.3 is 0 Å². The second-order valence-electron chi connectivity index (χ2n) is 7.51. The first-order chi connectivity index (χ1) is 15.4. The Morgan fingerprint density at radius 3 is 2.41 bits per heavy atom. The molecule has 162 valence electrons. The molecule has 0 unspecified atom stereocenters. The van der Waals surface area contributed by atoms with Crippen molar-refractivity contribution in [2.45, 2.75) is 6.61 Å². The molecule has 0 radical (unpaired) electrons. The number of ether oxygens (including phenoxy) is 1. The molecule has 1 aliphatic heterocycles. The SMILES string of the molecule is CN(C)c1ccc(/C=C2/C(=O)NN(c3ccccc3)C2=O)c(OCc2ccc(F)cc2)c1. The van der Waals surface area contributed by atoms with Crippen molar-refractivity contribution in [1.82, 2.24) is 5.43 Å². The van der Waals surface area contributed by atoms with Crippen LogP contribution in [0.3, 0.4) is 0 Å². The van der Waals surface area contributed by atoms with Crippen LogP contribution in [0.15, 0.2) is 78.4 Å². The first-order valence-electron chi connectivity index (χ1n) is 10.0. The van der Waals surface area contributed by atoms with Gasteiger partial charge in [-0.15, -0.1) is 0 Å². The summed E-state index contributed by atoms with van der Waals surface area (Å²) in [6, 6.07) is 20.4. The molecule has 4 rings (SSSR count). The Kier molecular flexibility index (Phi) is 5.89. The Hall–Kier alpha value is -4.13. The highest BCUT2D eigenvalue weighted by atomic mass is 19.1. The van der Waals surface area contributed by atoms with Crippen molar-refractivity contribution in [3.05, 3.63) is 95.3 Å². The number of hydrogen-bond acceptors (Lipinski definition) is 4. The fraction of sp³-hybridized carbons (Fsp3) is 0.120. The molecule has 6 nitrogen and oxygen atoms in total. The molecule has 32 heavy (non-hydrogen) atoms. The lowest BCUT2D eigenvalue weighted by atomic mass is 10.1. The summed E-state index contributed by atoms with van der Waals surface area (Å²) >= 11 is 0. The van der Waals surface area contributed by atoms with Crippen molar-refractivity contribution in [2.75, 3.05) is 24.0 Å². The third kappa shape index (κ3) is 4.46. The minimum Gasteiger partial charge on any atom is -0.488 e. The molecule has 3 aromatic carbocycles. The first kappa shape index (κ1) is 21.1. The highest BCUT2D eigenvalue weighted by molar-refractivity contribution is 6.31. The first-order valence-corrected chi connectivity index (χ1v) is 10.0. The van der Waals surface area contributed by atoms with Gasteiger partial charge in [-0.3, -0.25) is 15.0 Å². The molecule has 0 aliphatic carbocycles. The van der Waals surface area contributed by atoms with E-state index in [1.165, 1.54) is 23.2 Å². The van der Waals surface area contributed by atoms with Crippen molar-refractivity contribution >= 4 is 29.3 Å². The molecule has 0 bridgehead atoms. The van der Waals surface area contributed by atoms with Gasteiger partial charge in [0, 0.05) is 31.4 Å². The average molecular weight is 431 g/mol. The maximum absolute atomic E-state index is 13.2. The van der Waals surface area contributed by atoms with Gasteiger partial charge in [-0.2, -0.15) is 0 Å². The number of halogens is 1. The van der Waals surface area contributed by atoms with Crippen molar-refractivity contribution < 1.29 is 18.7 Å². The Balaban J connectivity index is 1.64. The number of nitrogens with zero attached hydrogens (tertiary/aromatic N) is 2. The minimum atomic E-state index is -0.486. The van der Waals surface area contributed by atoms with Crippen LogP contribution in [0.25, 0.3) is 6.08 Å². The largest absolute Gasteiger partial charge is 0.488 e. The number of hydrogen-bond donors (Lipinski definition) is 1. The van der Waals surface area contributed by atoms with Gasteiger partial charge < -0.3 is 9.64 Å². The van der Waals surface area contributed by atoms with Crippen LogP contribution in [0.1, 0.15) is 11.1 Å². The van der Waals surface area contributed by atoms with Gasteiger partial charge in [0.1, 0.15) is 23.7 Å². The van der Waals surface area contributed by atoms with E-state index in [-0.39, 0.29) is 18.0 Å². The molecule has 3 aromatic rings. The van der Waals surface area contributed by atoms with Crippen molar-refractivity contribution in [3.8, 4) is 5.75 Å². The lowest BCUT2D eigenvalue weighted by molar-refractivity contribution is -0.117. The number of rotatable bonds is 6. The van der Waals surface area contributed by atoms with Gasteiger partial charge in [-0.05, 0) is 48.0 Å². The minimum absolute atomic E-state index is 0.0121. The number of carbonyl (C=O) groups is 2. The van der Waals surface area contributed by atoms with E-state index in [0.29, 0.717) is 17.0 Å². The fourth-order valence-electron chi connectivity index (χ4n) is 3.26. The van der Waals surface area contributed by atoms with Crippen molar-refractivity contribution in [3.63, 3.8) is 0 Å². The molecule has 1 N–H and O–H groups in total. The quantitative estimate of drug-likeness (QED) is 0.475. The van der Waals surface area contributed by atoms with Gasteiger partial charge in [0.2, 0.25) is 0 Å². The van der Waals surface area contributed by atoms with E-state index < -0.39 is 11.8 Å². The zero-order chi connectivity index (χ0) is 22.7. The predicted octanol–water partition coefficient (Wildman–Crippen LogP) is 3.93. The molecule has 1 heterocycles. The molecule has 0 saturated carbocycles. The van der Waals surface area contributed by atoms with E-state index in [4.69, 9.17) is 4.74 Å². The maximum atomic E-state index is 13.2. The highest BCUT2D eigenvalue weighted by Crippen LogP contribution is 2.29. The Morgan fingerprint density at radius 2 is 1.72 bits per heavy atom. The zero-order valence-electron chi connectivity index (χ0n) is 17.7. The van der Waals surface area contributed by atoms with Crippen LogP contribution in [-0.2, 0) is 16.2 Å². The predicted molar refractivity (Wildman–Crippen MR) is 122 cm³/mol. The molecule has 2 amide bonds. The highest BCUT2D eigenvalue weighted by Gasteiger charge is 2.34. The van der Waals surface area contributed by atoms with Crippen LogP contribution in [0.2, 0.25) is 0 Å². The fourth-order valence-corrected chi connectivity index (χ4v) is 3.26. The van der Waals surface area contributed by atoms with Crippen LogP contribution in [-0.4, -0.2) is 25.9 Å². The summed E-state index contributed by atoms with van der Waals surface area (Å²) in [7, 11) is 3.81. The van der Waals surface area contributed by atoms with Crippen LogP contribution in [0.5, 0.6) is 5.75 Å². The second-order valence-corrected chi connectivity index (χ2v) is 7.51. The monoisotopic (exact) mass is 431 g/mol. The topological polar surface area (TPSA) is 61.9 Å². The third-order valence-electron chi connectivity index (χ3n) is 5.03. The number of anilines is 2. The van der Waals surface area contributed by atoms with E-state index in [9.17, 15) is 14.0 Å². The lowest BCUT2D eigenvalue weighted by Crippen LogP contribution is -2.35. The summed E-state index contributed by atoms with van der Waals surface area (Å²) in [6.07, 6.45) is 1.53. The molecule has 0 spiro atoms. The van der Waals surface area contributed by atoms with Gasteiger partial charge in [-0.1, -0.05) is 30.3 Å². The molecular formula is C25H22FN3O3. The number of benzene rings is 3.